The highest BCUT2D eigenvalue weighted by Crippen LogP contribution is 2.21. The van der Waals surface area contributed by atoms with Gasteiger partial charge < -0.3 is 5.32 Å². The molecule has 3 aromatic carbocycles. The van der Waals surface area contributed by atoms with Crippen LogP contribution in [0.1, 0.15) is 5.56 Å². The van der Waals surface area contributed by atoms with E-state index >= 15 is 0 Å². The third kappa shape index (κ3) is 2.48. The minimum atomic E-state index is -0.578. The molecule has 0 aliphatic heterocycles. The summed E-state index contributed by atoms with van der Waals surface area (Å²) >= 11 is 0. The van der Waals surface area contributed by atoms with Crippen molar-refractivity contribution in [2.75, 3.05) is 5.32 Å². The summed E-state index contributed by atoms with van der Waals surface area (Å²) in [7, 11) is 0. The van der Waals surface area contributed by atoms with E-state index < -0.39 is 11.6 Å². The highest BCUT2D eigenvalue weighted by Gasteiger charge is 2.04. The predicted octanol–water partition coefficient (Wildman–Crippen LogP) is 4.73. The smallest absolute Gasteiger partial charge is 0.149 e. The lowest BCUT2D eigenvalue weighted by Gasteiger charge is -2.10. The van der Waals surface area contributed by atoms with E-state index in [0.29, 0.717) is 12.2 Å². The Labute approximate surface area is 115 Å². The molecule has 0 aromatic heterocycles. The third-order valence-corrected chi connectivity index (χ3v) is 3.28. The Bertz CT molecular complexity index is 748. The van der Waals surface area contributed by atoms with E-state index in [-0.39, 0.29) is 0 Å². The molecule has 0 aliphatic carbocycles. The number of fused-ring (bicyclic) bond motifs is 1. The summed E-state index contributed by atoms with van der Waals surface area (Å²) < 4.78 is 26.4. The van der Waals surface area contributed by atoms with Crippen molar-refractivity contribution in [3.05, 3.63) is 77.9 Å². The maximum Gasteiger partial charge on any atom is 0.149 e. The van der Waals surface area contributed by atoms with Gasteiger partial charge in [-0.05, 0) is 28.5 Å². The number of nitrogens with one attached hydrogen (secondary N) is 1. The van der Waals surface area contributed by atoms with Crippen LogP contribution >= 0.6 is 0 Å². The zero-order chi connectivity index (χ0) is 13.9. The number of halogens is 2. The van der Waals surface area contributed by atoms with E-state index in [1.165, 1.54) is 12.1 Å². The van der Waals surface area contributed by atoms with Crippen molar-refractivity contribution in [2.45, 2.75) is 6.54 Å². The molecule has 20 heavy (non-hydrogen) atoms. The maximum absolute atomic E-state index is 13.6. The normalized spacial score (nSPS) is 10.7. The van der Waals surface area contributed by atoms with Gasteiger partial charge in [-0.2, -0.15) is 0 Å². The first kappa shape index (κ1) is 12.6. The molecule has 100 valence electrons. The summed E-state index contributed by atoms with van der Waals surface area (Å²) in [5, 5.41) is 5.28. The molecule has 0 saturated heterocycles. The molecule has 0 bridgehead atoms. The van der Waals surface area contributed by atoms with Gasteiger partial charge in [0.05, 0.1) is 5.69 Å². The maximum atomic E-state index is 13.6. The van der Waals surface area contributed by atoms with Crippen molar-refractivity contribution in [3.8, 4) is 0 Å². The van der Waals surface area contributed by atoms with E-state index in [1.807, 2.05) is 42.5 Å². The van der Waals surface area contributed by atoms with E-state index in [2.05, 4.69) is 5.32 Å². The Morgan fingerprint density at radius 2 is 1.65 bits per heavy atom. The third-order valence-electron chi connectivity index (χ3n) is 3.28. The van der Waals surface area contributed by atoms with Crippen LogP contribution in [0.5, 0.6) is 0 Å². The van der Waals surface area contributed by atoms with Crippen LogP contribution in [0.3, 0.4) is 0 Å². The van der Waals surface area contributed by atoms with E-state index in [4.69, 9.17) is 0 Å². The summed E-state index contributed by atoms with van der Waals surface area (Å²) in [5.41, 5.74) is 1.38. The van der Waals surface area contributed by atoms with Crippen LogP contribution in [-0.4, -0.2) is 0 Å². The van der Waals surface area contributed by atoms with Crippen molar-refractivity contribution >= 4 is 16.5 Å². The molecule has 0 amide bonds. The summed E-state index contributed by atoms with van der Waals surface area (Å²) in [5.74, 6) is -1.15. The monoisotopic (exact) mass is 269 g/mol. The van der Waals surface area contributed by atoms with Gasteiger partial charge in [0, 0.05) is 12.6 Å². The van der Waals surface area contributed by atoms with Gasteiger partial charge >= 0.3 is 0 Å². The molecule has 0 spiro atoms. The molecule has 0 radical (unpaired) electrons. The fourth-order valence-electron chi connectivity index (χ4n) is 2.27. The van der Waals surface area contributed by atoms with Crippen LogP contribution in [0.4, 0.5) is 14.5 Å². The Hall–Kier alpha value is -2.42. The SMILES string of the molecule is Fc1ccc(NCc2cccc3ccccc23)c(F)c1. The largest absolute Gasteiger partial charge is 0.379 e. The van der Waals surface area contributed by atoms with Crippen LogP contribution in [0.25, 0.3) is 10.8 Å². The van der Waals surface area contributed by atoms with Crippen molar-refractivity contribution in [2.24, 2.45) is 0 Å². The van der Waals surface area contributed by atoms with Gasteiger partial charge in [0.1, 0.15) is 11.6 Å². The molecule has 3 aromatic rings. The van der Waals surface area contributed by atoms with Crippen molar-refractivity contribution in [1.82, 2.24) is 0 Å². The van der Waals surface area contributed by atoms with Gasteiger partial charge in [-0.25, -0.2) is 8.78 Å². The van der Waals surface area contributed by atoms with Crippen LogP contribution in [0.2, 0.25) is 0 Å². The van der Waals surface area contributed by atoms with Crippen LogP contribution < -0.4 is 5.32 Å². The molecule has 0 heterocycles. The predicted molar refractivity (Wildman–Crippen MR) is 77.6 cm³/mol. The Morgan fingerprint density at radius 1 is 0.850 bits per heavy atom. The van der Waals surface area contributed by atoms with Crippen LogP contribution in [0, 0.1) is 11.6 Å². The summed E-state index contributed by atoms with van der Waals surface area (Å²) in [6.07, 6.45) is 0. The Kier molecular flexibility index (Phi) is 3.33. The molecule has 1 nitrogen and oxygen atoms in total. The molecular formula is C17H13F2N. The lowest BCUT2D eigenvalue weighted by Crippen LogP contribution is -2.02. The highest BCUT2D eigenvalue weighted by atomic mass is 19.1. The van der Waals surface area contributed by atoms with Crippen LogP contribution in [0.15, 0.2) is 60.7 Å². The van der Waals surface area contributed by atoms with E-state index in [0.717, 1.165) is 22.4 Å². The lowest BCUT2D eigenvalue weighted by molar-refractivity contribution is 0.585. The van der Waals surface area contributed by atoms with Gasteiger partial charge in [0.15, 0.2) is 0 Å². The minimum absolute atomic E-state index is 0.305. The molecule has 0 aliphatic rings. The van der Waals surface area contributed by atoms with Crippen molar-refractivity contribution in [3.63, 3.8) is 0 Å². The highest BCUT2D eigenvalue weighted by molar-refractivity contribution is 5.85. The zero-order valence-electron chi connectivity index (χ0n) is 10.7. The first-order valence-corrected chi connectivity index (χ1v) is 6.39. The fourth-order valence-corrected chi connectivity index (χ4v) is 2.27. The second kappa shape index (κ2) is 5.29. The van der Waals surface area contributed by atoms with Crippen molar-refractivity contribution in [1.29, 1.82) is 0 Å². The van der Waals surface area contributed by atoms with Gasteiger partial charge in [0.25, 0.3) is 0 Å². The van der Waals surface area contributed by atoms with E-state index in [1.54, 1.807) is 0 Å². The first-order chi connectivity index (χ1) is 9.74. The summed E-state index contributed by atoms with van der Waals surface area (Å²) in [4.78, 5) is 0. The summed E-state index contributed by atoms with van der Waals surface area (Å²) in [6, 6.07) is 17.6. The molecule has 0 saturated carbocycles. The lowest BCUT2D eigenvalue weighted by atomic mass is 10.0. The first-order valence-electron chi connectivity index (χ1n) is 6.39. The quantitative estimate of drug-likeness (QED) is 0.724. The summed E-state index contributed by atoms with van der Waals surface area (Å²) in [6.45, 7) is 0.490. The molecule has 1 N–H and O–H groups in total. The van der Waals surface area contributed by atoms with Gasteiger partial charge in [-0.15, -0.1) is 0 Å². The minimum Gasteiger partial charge on any atom is -0.379 e. The molecule has 0 unspecified atom stereocenters. The molecule has 0 atom stereocenters. The Balaban J connectivity index is 1.87. The van der Waals surface area contributed by atoms with Gasteiger partial charge in [0.2, 0.25) is 0 Å². The fraction of sp³-hybridized carbons (Fsp3) is 0.0588. The van der Waals surface area contributed by atoms with Crippen LogP contribution in [-0.2, 0) is 6.54 Å². The molecular weight excluding hydrogens is 256 g/mol. The number of benzene rings is 3. The second-order valence-corrected chi connectivity index (χ2v) is 4.62. The number of anilines is 1. The van der Waals surface area contributed by atoms with Gasteiger partial charge in [-0.1, -0.05) is 42.5 Å². The second-order valence-electron chi connectivity index (χ2n) is 4.62. The molecule has 3 heteroatoms. The zero-order valence-corrected chi connectivity index (χ0v) is 10.7. The van der Waals surface area contributed by atoms with E-state index in [9.17, 15) is 8.78 Å². The standard InChI is InChI=1S/C17H13F2N/c18-14-8-9-17(16(19)10-14)20-11-13-6-3-5-12-4-1-2-7-15(12)13/h1-10,20H,11H2. The number of hydrogen-bond acceptors (Lipinski definition) is 1. The average Bonchev–Trinajstić information content (AvgIpc) is 2.46. The average molecular weight is 269 g/mol. The number of hydrogen-bond donors (Lipinski definition) is 1. The Morgan fingerprint density at radius 3 is 2.50 bits per heavy atom. The topological polar surface area (TPSA) is 12.0 Å². The van der Waals surface area contributed by atoms with Crippen molar-refractivity contribution < 1.29 is 8.78 Å². The molecule has 0 fully saturated rings. The number of rotatable bonds is 3. The van der Waals surface area contributed by atoms with Gasteiger partial charge in [-0.3, -0.25) is 0 Å². The molecule has 3 rings (SSSR count).